The quantitative estimate of drug-likeness (QED) is 0.891. The molecule has 4 heteroatoms. The molecule has 0 radical (unpaired) electrons. The maximum Gasteiger partial charge on any atom is 0.0912 e. The van der Waals surface area contributed by atoms with Gasteiger partial charge in [-0.05, 0) is 24.1 Å². The highest BCUT2D eigenvalue weighted by Gasteiger charge is 2.21. The number of alkyl halides is 1. The van der Waals surface area contributed by atoms with E-state index in [2.05, 4.69) is 10.2 Å². The van der Waals surface area contributed by atoms with Gasteiger partial charge in [-0.2, -0.15) is 0 Å². The van der Waals surface area contributed by atoms with Gasteiger partial charge < -0.3 is 5.32 Å². The summed E-state index contributed by atoms with van der Waals surface area (Å²) in [6.07, 6.45) is 0.542. The van der Waals surface area contributed by atoms with Gasteiger partial charge >= 0.3 is 0 Å². The first kappa shape index (κ1) is 12.8. The number of hydrogen-bond donors (Lipinski definition) is 1. The lowest BCUT2D eigenvalue weighted by Crippen LogP contribution is -2.45. The highest BCUT2D eigenvalue weighted by molar-refractivity contribution is 6.30. The molecular formula is C13H18ClFN2. The van der Waals surface area contributed by atoms with E-state index < -0.39 is 0 Å². The largest absolute Gasteiger partial charge is 0.314 e. The van der Waals surface area contributed by atoms with E-state index in [1.165, 1.54) is 0 Å². The zero-order valence-electron chi connectivity index (χ0n) is 9.83. The summed E-state index contributed by atoms with van der Waals surface area (Å²) in [5, 5.41) is 4.04. The van der Waals surface area contributed by atoms with Crippen LogP contribution in [0.25, 0.3) is 0 Å². The summed E-state index contributed by atoms with van der Waals surface area (Å²) in [6.45, 7) is 3.60. The van der Waals surface area contributed by atoms with Crippen molar-refractivity contribution in [3.63, 3.8) is 0 Å². The molecule has 0 unspecified atom stereocenters. The van der Waals surface area contributed by atoms with Crippen molar-refractivity contribution in [1.29, 1.82) is 0 Å². The summed E-state index contributed by atoms with van der Waals surface area (Å²) in [6, 6.07) is 7.93. The van der Waals surface area contributed by atoms with Crippen molar-refractivity contribution in [3.05, 3.63) is 34.9 Å². The molecule has 0 aliphatic carbocycles. The molecule has 17 heavy (non-hydrogen) atoms. The maximum absolute atomic E-state index is 12.7. The van der Waals surface area contributed by atoms with Crippen LogP contribution in [0.15, 0.2) is 24.3 Å². The van der Waals surface area contributed by atoms with E-state index in [9.17, 15) is 4.39 Å². The molecule has 0 aromatic heterocycles. The zero-order chi connectivity index (χ0) is 12.1. The summed E-state index contributed by atoms with van der Waals surface area (Å²) >= 11 is 6.00. The van der Waals surface area contributed by atoms with Gasteiger partial charge in [-0.15, -0.1) is 0 Å². The Labute approximate surface area is 107 Å². The second-order valence-corrected chi connectivity index (χ2v) is 4.77. The Morgan fingerprint density at radius 3 is 2.76 bits per heavy atom. The van der Waals surface area contributed by atoms with Crippen LogP contribution in [0.1, 0.15) is 18.0 Å². The molecule has 1 heterocycles. The maximum atomic E-state index is 12.7. The molecule has 2 rings (SSSR count). The first-order chi connectivity index (χ1) is 8.31. The fraction of sp³-hybridized carbons (Fsp3) is 0.538. The van der Waals surface area contributed by atoms with Crippen LogP contribution in [0.2, 0.25) is 5.02 Å². The van der Waals surface area contributed by atoms with Gasteiger partial charge in [0.2, 0.25) is 0 Å². The molecule has 1 aliphatic rings. The highest BCUT2D eigenvalue weighted by Crippen LogP contribution is 2.26. The van der Waals surface area contributed by atoms with Gasteiger partial charge in [-0.1, -0.05) is 23.7 Å². The Balaban J connectivity index is 2.15. The Morgan fingerprint density at radius 1 is 1.35 bits per heavy atom. The van der Waals surface area contributed by atoms with Crippen molar-refractivity contribution < 1.29 is 4.39 Å². The molecule has 1 atom stereocenters. The van der Waals surface area contributed by atoms with Crippen LogP contribution >= 0.6 is 11.6 Å². The number of rotatable bonds is 4. The minimum atomic E-state index is -0.291. The number of nitrogens with one attached hydrogen (secondary N) is 1. The Morgan fingerprint density at radius 2 is 2.12 bits per heavy atom. The van der Waals surface area contributed by atoms with Gasteiger partial charge in [0.15, 0.2) is 0 Å². The molecule has 2 nitrogen and oxygen atoms in total. The molecule has 0 spiro atoms. The third-order valence-corrected chi connectivity index (χ3v) is 3.44. The lowest BCUT2D eigenvalue weighted by atomic mass is 10.0. The van der Waals surface area contributed by atoms with E-state index in [1.54, 1.807) is 0 Å². The summed E-state index contributed by atoms with van der Waals surface area (Å²) < 4.78 is 12.7. The van der Waals surface area contributed by atoms with Gasteiger partial charge in [0.1, 0.15) is 0 Å². The van der Waals surface area contributed by atoms with Gasteiger partial charge in [-0.3, -0.25) is 9.29 Å². The highest BCUT2D eigenvalue weighted by atomic mass is 35.5. The lowest BCUT2D eigenvalue weighted by molar-refractivity contribution is 0.157. The van der Waals surface area contributed by atoms with Crippen LogP contribution in [-0.4, -0.2) is 37.8 Å². The summed E-state index contributed by atoms with van der Waals surface area (Å²) in [5.41, 5.74) is 1.12. The topological polar surface area (TPSA) is 15.3 Å². The van der Waals surface area contributed by atoms with Crippen molar-refractivity contribution in [2.24, 2.45) is 0 Å². The Hall–Kier alpha value is -0.640. The summed E-state index contributed by atoms with van der Waals surface area (Å²) in [7, 11) is 0. The smallest absolute Gasteiger partial charge is 0.0912 e. The third kappa shape index (κ3) is 3.41. The summed E-state index contributed by atoms with van der Waals surface area (Å²) in [4.78, 5) is 2.34. The van der Waals surface area contributed by atoms with Gasteiger partial charge in [-0.25, -0.2) is 0 Å². The number of benzene rings is 1. The second kappa shape index (κ2) is 6.34. The van der Waals surface area contributed by atoms with Crippen molar-refractivity contribution in [2.45, 2.75) is 12.5 Å². The molecule has 94 valence electrons. The van der Waals surface area contributed by atoms with Crippen LogP contribution < -0.4 is 5.32 Å². The van der Waals surface area contributed by atoms with Gasteiger partial charge in [0.05, 0.1) is 6.67 Å². The molecule has 0 bridgehead atoms. The average molecular weight is 257 g/mol. The molecule has 1 saturated heterocycles. The third-order valence-electron chi connectivity index (χ3n) is 3.21. The zero-order valence-corrected chi connectivity index (χ0v) is 10.6. The van der Waals surface area contributed by atoms with Crippen LogP contribution in [0.5, 0.6) is 0 Å². The minimum absolute atomic E-state index is 0.154. The molecule has 1 N–H and O–H groups in total. The predicted molar refractivity (Wildman–Crippen MR) is 69.2 cm³/mol. The van der Waals surface area contributed by atoms with Crippen LogP contribution in [0, 0.1) is 0 Å². The van der Waals surface area contributed by atoms with Crippen molar-refractivity contribution >= 4 is 11.6 Å². The second-order valence-electron chi connectivity index (χ2n) is 4.33. The van der Waals surface area contributed by atoms with Crippen molar-refractivity contribution in [1.82, 2.24) is 10.2 Å². The number of nitrogens with zero attached hydrogens (tertiary/aromatic N) is 1. The average Bonchev–Trinajstić information content (AvgIpc) is 2.37. The van der Waals surface area contributed by atoms with Crippen molar-refractivity contribution in [3.8, 4) is 0 Å². The molecule has 1 fully saturated rings. The van der Waals surface area contributed by atoms with E-state index in [0.29, 0.717) is 6.42 Å². The fourth-order valence-corrected chi connectivity index (χ4v) is 2.57. The first-order valence-electron chi connectivity index (χ1n) is 6.07. The van der Waals surface area contributed by atoms with Gasteiger partial charge in [0, 0.05) is 37.2 Å². The van der Waals surface area contributed by atoms with Crippen LogP contribution in [-0.2, 0) is 0 Å². The first-order valence-corrected chi connectivity index (χ1v) is 6.45. The van der Waals surface area contributed by atoms with E-state index in [-0.39, 0.29) is 12.7 Å². The van der Waals surface area contributed by atoms with Crippen LogP contribution in [0.4, 0.5) is 4.39 Å². The number of hydrogen-bond acceptors (Lipinski definition) is 2. The standard InChI is InChI=1S/C13H18ClFN2/c14-12-3-1-2-11(10-12)13(4-5-15)17-8-6-16-7-9-17/h1-3,10,13,16H,4-9H2/t13-/m1/s1. The van der Waals surface area contributed by atoms with Crippen LogP contribution in [0.3, 0.4) is 0 Å². The van der Waals surface area contributed by atoms with Gasteiger partial charge in [0.25, 0.3) is 0 Å². The molecule has 0 amide bonds. The van der Waals surface area contributed by atoms with E-state index in [1.807, 2.05) is 24.3 Å². The summed E-state index contributed by atoms with van der Waals surface area (Å²) in [5.74, 6) is 0. The van der Waals surface area contributed by atoms with Crippen molar-refractivity contribution in [2.75, 3.05) is 32.9 Å². The Bertz CT molecular complexity index is 353. The predicted octanol–water partition coefficient (Wildman–Crippen LogP) is 2.65. The molecular weight excluding hydrogens is 239 g/mol. The SMILES string of the molecule is FCC[C@H](c1cccc(Cl)c1)N1CCNCC1. The monoisotopic (exact) mass is 256 g/mol. The number of halogens is 2. The lowest BCUT2D eigenvalue weighted by Gasteiger charge is -2.35. The molecule has 1 aromatic carbocycles. The normalized spacial score (nSPS) is 19.2. The van der Waals surface area contributed by atoms with E-state index >= 15 is 0 Å². The fourth-order valence-electron chi connectivity index (χ4n) is 2.37. The van der Waals surface area contributed by atoms with E-state index in [0.717, 1.165) is 36.8 Å². The Kier molecular flexibility index (Phi) is 4.77. The minimum Gasteiger partial charge on any atom is -0.314 e. The molecule has 1 aromatic rings. The molecule has 1 aliphatic heterocycles. The molecule has 0 saturated carbocycles. The van der Waals surface area contributed by atoms with E-state index in [4.69, 9.17) is 11.6 Å². The number of piperazine rings is 1.